The van der Waals surface area contributed by atoms with Gasteiger partial charge in [0, 0.05) is 50.7 Å². The summed E-state index contributed by atoms with van der Waals surface area (Å²) in [6.07, 6.45) is 4.48. The van der Waals surface area contributed by atoms with E-state index in [0.717, 1.165) is 19.3 Å². The van der Waals surface area contributed by atoms with Gasteiger partial charge in [0.25, 0.3) is 6.71 Å². The van der Waals surface area contributed by atoms with E-state index in [9.17, 15) is 0 Å². The highest BCUT2D eigenvalue weighted by atomic mass is 15.3. The van der Waals surface area contributed by atoms with Crippen LogP contribution in [0.1, 0.15) is 123 Å². The van der Waals surface area contributed by atoms with Gasteiger partial charge >= 0.3 is 0 Å². The number of hydrogen-bond donors (Lipinski definition) is 0. The van der Waals surface area contributed by atoms with Crippen molar-refractivity contribution in [3.05, 3.63) is 258 Å². The van der Waals surface area contributed by atoms with Crippen molar-refractivity contribution >= 4 is 68.6 Å². The molecule has 0 spiro atoms. The first-order valence-corrected chi connectivity index (χ1v) is 30.4. The van der Waals surface area contributed by atoms with Crippen molar-refractivity contribution in [1.29, 1.82) is 0 Å². The minimum Gasteiger partial charge on any atom is -0.334 e. The zero-order chi connectivity index (χ0) is 57.2. The number of rotatable bonds is 7. The van der Waals surface area contributed by atoms with E-state index in [1.807, 2.05) is 0 Å². The Balaban J connectivity index is 1.16. The molecule has 0 amide bonds. The fraction of sp³-hybridized carbons (Fsp3) is 0.241. The molecular weight excluding hydrogens is 1000 g/mol. The van der Waals surface area contributed by atoms with Gasteiger partial charge in [0.05, 0.1) is 16.9 Å². The van der Waals surface area contributed by atoms with Gasteiger partial charge in [0.15, 0.2) is 0 Å². The van der Waals surface area contributed by atoms with Crippen molar-refractivity contribution in [2.24, 2.45) is 0 Å². The summed E-state index contributed by atoms with van der Waals surface area (Å²) in [4.78, 5) is 8.22. The number of anilines is 8. The van der Waals surface area contributed by atoms with E-state index in [4.69, 9.17) is 0 Å². The molecule has 83 heavy (non-hydrogen) atoms. The molecule has 0 aromatic heterocycles. The Kier molecular flexibility index (Phi) is 12.3. The van der Waals surface area contributed by atoms with E-state index in [2.05, 4.69) is 314 Å². The second kappa shape index (κ2) is 19.4. The molecule has 10 aromatic carbocycles. The molecule has 1 aliphatic carbocycles. The van der Waals surface area contributed by atoms with Crippen LogP contribution >= 0.6 is 0 Å². The average Bonchev–Trinajstić information content (AvgIpc) is 2.02. The largest absolute Gasteiger partial charge is 0.334 e. The average molecular weight is 1080 g/mol. The summed E-state index contributed by atoms with van der Waals surface area (Å²) in [5.74, 6) is 0. The molecule has 0 radical (unpaired) electrons. The third-order valence-corrected chi connectivity index (χ3v) is 19.4. The van der Waals surface area contributed by atoms with Crippen LogP contribution in [-0.2, 0) is 21.7 Å². The van der Waals surface area contributed by atoms with Crippen LogP contribution in [0.5, 0.6) is 0 Å². The van der Waals surface area contributed by atoms with Gasteiger partial charge in [-0.05, 0) is 157 Å². The molecule has 4 aliphatic rings. The normalized spacial score (nSPS) is 18.0. The minimum absolute atomic E-state index is 0.0738. The summed E-state index contributed by atoms with van der Waals surface area (Å²) in [5.41, 5.74) is 26.9. The maximum atomic E-state index is 2.83. The van der Waals surface area contributed by atoms with Gasteiger partial charge in [0.1, 0.15) is 0 Å². The van der Waals surface area contributed by atoms with E-state index in [0.29, 0.717) is 0 Å². The van der Waals surface area contributed by atoms with Crippen molar-refractivity contribution in [2.75, 3.05) is 14.7 Å². The summed E-state index contributed by atoms with van der Waals surface area (Å²) >= 11 is 0. The molecule has 1 saturated carbocycles. The van der Waals surface area contributed by atoms with E-state index in [1.54, 1.807) is 0 Å². The van der Waals surface area contributed by atoms with Crippen LogP contribution in [0.3, 0.4) is 0 Å². The van der Waals surface area contributed by atoms with Gasteiger partial charge in [-0.3, -0.25) is 0 Å². The van der Waals surface area contributed by atoms with E-state index < -0.39 is 0 Å². The van der Waals surface area contributed by atoms with Crippen LogP contribution in [0.4, 0.5) is 45.5 Å². The number of nitrogens with zero attached hydrogens (tertiary/aromatic N) is 3. The molecule has 1 fully saturated rings. The van der Waals surface area contributed by atoms with Crippen molar-refractivity contribution in [2.45, 2.75) is 122 Å². The van der Waals surface area contributed by atoms with E-state index >= 15 is 0 Å². The first kappa shape index (κ1) is 52.7. The lowest BCUT2D eigenvalue weighted by Gasteiger charge is -2.53. The predicted molar refractivity (Wildman–Crippen MR) is 356 cm³/mol. The van der Waals surface area contributed by atoms with Crippen molar-refractivity contribution in [3.63, 3.8) is 0 Å². The second-order valence-corrected chi connectivity index (χ2v) is 27.5. The lowest BCUT2D eigenvalue weighted by molar-refractivity contribution is 0.215. The summed E-state index contributed by atoms with van der Waals surface area (Å²) in [6.45, 7) is 23.6. The molecule has 0 saturated heterocycles. The van der Waals surface area contributed by atoms with Crippen LogP contribution in [0, 0.1) is 0 Å². The molecule has 2 unspecified atom stereocenters. The lowest BCUT2D eigenvalue weighted by atomic mass is 9.33. The van der Waals surface area contributed by atoms with Crippen LogP contribution in [0.25, 0.3) is 33.4 Å². The molecular formula is C79H76BN3. The van der Waals surface area contributed by atoms with Crippen LogP contribution in [0.2, 0.25) is 0 Å². The number of para-hydroxylation sites is 1. The highest BCUT2D eigenvalue weighted by molar-refractivity contribution is 7.00. The molecule has 0 N–H and O–H groups in total. The third kappa shape index (κ3) is 8.37. The molecule has 2 atom stereocenters. The van der Waals surface area contributed by atoms with Gasteiger partial charge < -0.3 is 14.7 Å². The maximum absolute atomic E-state index is 2.83. The minimum atomic E-state index is -0.303. The van der Waals surface area contributed by atoms with Gasteiger partial charge in [-0.15, -0.1) is 0 Å². The molecule has 3 heterocycles. The summed E-state index contributed by atoms with van der Waals surface area (Å²) in [5, 5.41) is 0. The quantitative estimate of drug-likeness (QED) is 0.147. The van der Waals surface area contributed by atoms with Crippen LogP contribution in [0.15, 0.2) is 231 Å². The zero-order valence-corrected chi connectivity index (χ0v) is 50.2. The molecule has 0 bridgehead atoms. The number of benzene rings is 10. The second-order valence-electron chi connectivity index (χ2n) is 27.5. The van der Waals surface area contributed by atoms with Crippen LogP contribution in [-0.4, -0.2) is 12.3 Å². The van der Waals surface area contributed by atoms with Gasteiger partial charge in [-0.1, -0.05) is 251 Å². The topological polar surface area (TPSA) is 9.72 Å². The summed E-state index contributed by atoms with van der Waals surface area (Å²) in [6, 6.07) is 89.0. The smallest absolute Gasteiger partial charge is 0.252 e. The van der Waals surface area contributed by atoms with Gasteiger partial charge in [-0.25, -0.2) is 0 Å². The summed E-state index contributed by atoms with van der Waals surface area (Å²) < 4.78 is 0. The maximum Gasteiger partial charge on any atom is 0.252 e. The van der Waals surface area contributed by atoms with Crippen molar-refractivity contribution in [1.82, 2.24) is 0 Å². The molecule has 3 nitrogen and oxygen atoms in total. The Labute approximate surface area is 494 Å². The first-order chi connectivity index (χ1) is 39.9. The van der Waals surface area contributed by atoms with Gasteiger partial charge in [-0.2, -0.15) is 0 Å². The Morgan fingerprint density at radius 1 is 0.361 bits per heavy atom. The molecule has 14 rings (SSSR count). The van der Waals surface area contributed by atoms with Crippen molar-refractivity contribution < 1.29 is 0 Å². The summed E-state index contributed by atoms with van der Waals surface area (Å²) in [7, 11) is 0. The number of hydrogen-bond acceptors (Lipinski definition) is 3. The molecule has 10 aromatic rings. The Hall–Kier alpha value is -8.34. The highest BCUT2D eigenvalue weighted by Crippen LogP contribution is 2.64. The first-order valence-electron chi connectivity index (χ1n) is 30.4. The van der Waals surface area contributed by atoms with Crippen LogP contribution < -0.4 is 31.1 Å². The molecule has 4 heteroatoms. The van der Waals surface area contributed by atoms with Gasteiger partial charge in [0.2, 0.25) is 0 Å². The monoisotopic (exact) mass is 1080 g/mol. The predicted octanol–water partition coefficient (Wildman–Crippen LogP) is 19.4. The Morgan fingerprint density at radius 2 is 0.831 bits per heavy atom. The molecule has 410 valence electrons. The van der Waals surface area contributed by atoms with E-state index in [1.165, 1.54) is 130 Å². The fourth-order valence-corrected chi connectivity index (χ4v) is 15.1. The van der Waals surface area contributed by atoms with E-state index in [-0.39, 0.29) is 33.9 Å². The lowest BCUT2D eigenvalue weighted by Crippen LogP contribution is -2.61. The SMILES string of the molecule is CC(C)(C)c1ccc(N2c3ccc(-c4ccccc4)cc3B3c4ccc(C(C)(C)C)cc4N(c4ccc(C(C)(C)C)cc4-c4ccccc4)c4cc(N5c6ccccc6C6(c7ccccc7)CCCCC56C)cc2c43)c(-c2ccccc2)c1. The zero-order valence-electron chi connectivity index (χ0n) is 50.2. The molecule has 3 aliphatic heterocycles. The standard InChI is InChI=1S/C79H76BN3/c1-75(2,3)58-39-43-67(62(48-58)54-29-17-12-18-30-54)81-70-42-37-56(53-27-15-11-16-28-53)47-66(70)80-65-41-38-60(77(7,8)9)50-71(65)82(68-44-40-59(76(4,5)6)49-63(68)55-31-19-13-20-32-55)73-52-61(51-72(81)74(73)80)83-69-36-24-23-35-64(69)79(57-33-21-14-22-34-57)46-26-25-45-78(79,83)10/h11-24,27-44,47-52H,25-26,45-46H2,1-10H3. The Bertz CT molecular complexity index is 4130. The van der Waals surface area contributed by atoms with Crippen molar-refractivity contribution in [3.8, 4) is 33.4 Å². The third-order valence-electron chi connectivity index (χ3n) is 19.4. The fourth-order valence-electron chi connectivity index (χ4n) is 15.1. The Morgan fingerprint density at radius 3 is 1.40 bits per heavy atom. The number of fused-ring (bicyclic) bond motifs is 7. The highest BCUT2D eigenvalue weighted by Gasteiger charge is 2.61.